The van der Waals surface area contributed by atoms with Gasteiger partial charge in [0.2, 0.25) is 0 Å². The predicted octanol–water partition coefficient (Wildman–Crippen LogP) is 5.03. The van der Waals surface area contributed by atoms with Gasteiger partial charge in [-0.3, -0.25) is 9.59 Å². The summed E-state index contributed by atoms with van der Waals surface area (Å²) < 4.78 is 13.9. The summed E-state index contributed by atoms with van der Waals surface area (Å²) in [6, 6.07) is 18.1. The van der Waals surface area contributed by atoms with Gasteiger partial charge < -0.3 is 14.0 Å². The Balaban J connectivity index is 1.57. The molecular formula is C27H24BrN3O4. The largest absolute Gasteiger partial charge is 0.490 e. The normalized spacial score (nSPS) is 11.1. The second-order valence-electron chi connectivity index (χ2n) is 7.61. The van der Waals surface area contributed by atoms with Gasteiger partial charge in [0.15, 0.2) is 16.9 Å². The van der Waals surface area contributed by atoms with Crippen molar-refractivity contribution in [2.75, 3.05) is 13.2 Å². The highest BCUT2D eigenvalue weighted by Crippen LogP contribution is 2.36. The van der Waals surface area contributed by atoms with Crippen molar-refractivity contribution in [2.24, 2.45) is 5.10 Å². The van der Waals surface area contributed by atoms with Crippen molar-refractivity contribution >= 4 is 49.9 Å². The molecule has 1 heterocycles. The van der Waals surface area contributed by atoms with Crippen molar-refractivity contribution in [1.29, 1.82) is 0 Å². The third kappa shape index (κ3) is 5.27. The molecule has 1 amide bonds. The first-order valence-electron chi connectivity index (χ1n) is 11.1. The van der Waals surface area contributed by atoms with Crippen LogP contribution in [0.4, 0.5) is 0 Å². The fourth-order valence-corrected chi connectivity index (χ4v) is 4.39. The second-order valence-corrected chi connectivity index (χ2v) is 8.46. The molecule has 1 N–H and O–H groups in total. The highest BCUT2D eigenvalue weighted by molar-refractivity contribution is 9.10. The van der Waals surface area contributed by atoms with Crippen LogP contribution in [0.15, 0.2) is 87.7 Å². The minimum absolute atomic E-state index is 0.000861. The van der Waals surface area contributed by atoms with Gasteiger partial charge in [-0.15, -0.1) is 0 Å². The molecule has 35 heavy (non-hydrogen) atoms. The predicted molar refractivity (Wildman–Crippen MR) is 142 cm³/mol. The van der Waals surface area contributed by atoms with Crippen LogP contribution in [-0.4, -0.2) is 29.9 Å². The van der Waals surface area contributed by atoms with Crippen LogP contribution >= 0.6 is 15.9 Å². The summed E-state index contributed by atoms with van der Waals surface area (Å²) in [6.45, 7) is 6.36. The minimum Gasteiger partial charge on any atom is -0.490 e. The average molecular weight is 534 g/mol. The first-order chi connectivity index (χ1) is 17.0. The van der Waals surface area contributed by atoms with Crippen molar-refractivity contribution in [2.45, 2.75) is 13.5 Å². The molecule has 1 aromatic heterocycles. The lowest BCUT2D eigenvalue weighted by Gasteiger charge is -2.14. The lowest BCUT2D eigenvalue weighted by molar-refractivity contribution is -0.121. The molecule has 0 unspecified atom stereocenters. The molecule has 7 nitrogen and oxygen atoms in total. The Hall–Kier alpha value is -3.91. The Morgan fingerprint density at radius 1 is 1.09 bits per heavy atom. The third-order valence-electron chi connectivity index (χ3n) is 5.26. The number of pyridine rings is 1. The Bertz CT molecular complexity index is 1430. The lowest BCUT2D eigenvalue weighted by Crippen LogP contribution is -2.25. The van der Waals surface area contributed by atoms with Crippen molar-refractivity contribution in [3.63, 3.8) is 0 Å². The van der Waals surface area contributed by atoms with Gasteiger partial charge in [0, 0.05) is 10.8 Å². The summed E-state index contributed by atoms with van der Waals surface area (Å²) in [5, 5.41) is 5.25. The summed E-state index contributed by atoms with van der Waals surface area (Å²) in [5.41, 5.74) is 4.62. The molecule has 3 aromatic carbocycles. The van der Waals surface area contributed by atoms with Gasteiger partial charge >= 0.3 is 0 Å². The number of aromatic nitrogens is 1. The lowest BCUT2D eigenvalue weighted by atomic mass is 10.1. The number of nitrogens with one attached hydrogen (secondary N) is 1. The van der Waals surface area contributed by atoms with Gasteiger partial charge in [-0.2, -0.15) is 5.10 Å². The first kappa shape index (κ1) is 24.2. The number of hydrazone groups is 1. The van der Waals surface area contributed by atoms with Crippen LogP contribution in [0.1, 0.15) is 12.5 Å². The maximum Gasteiger partial charge on any atom is 0.260 e. The summed E-state index contributed by atoms with van der Waals surface area (Å²) >= 11 is 3.50. The van der Waals surface area contributed by atoms with Crippen molar-refractivity contribution in [1.82, 2.24) is 9.99 Å². The van der Waals surface area contributed by atoms with E-state index in [1.807, 2.05) is 54.0 Å². The number of ether oxygens (including phenoxy) is 2. The molecule has 4 aromatic rings. The van der Waals surface area contributed by atoms with E-state index in [2.05, 4.69) is 33.0 Å². The maximum absolute atomic E-state index is 12.9. The number of rotatable bonds is 9. The molecule has 0 spiro atoms. The van der Waals surface area contributed by atoms with E-state index in [9.17, 15) is 9.59 Å². The molecule has 8 heteroatoms. The van der Waals surface area contributed by atoms with Crippen LogP contribution < -0.4 is 20.3 Å². The zero-order chi connectivity index (χ0) is 24.8. The van der Waals surface area contributed by atoms with Crippen molar-refractivity contribution < 1.29 is 14.3 Å². The van der Waals surface area contributed by atoms with Crippen molar-refractivity contribution in [3.8, 4) is 11.5 Å². The highest BCUT2D eigenvalue weighted by atomic mass is 79.9. The van der Waals surface area contributed by atoms with E-state index >= 15 is 0 Å². The van der Waals surface area contributed by atoms with E-state index in [1.54, 1.807) is 24.3 Å². The van der Waals surface area contributed by atoms with Crippen molar-refractivity contribution in [3.05, 3.63) is 93.6 Å². The number of nitrogens with zero attached hydrogens (tertiary/aromatic N) is 2. The molecule has 0 aliphatic carbocycles. The number of hydrogen-bond acceptors (Lipinski definition) is 5. The number of hydrogen-bond donors (Lipinski definition) is 1. The molecule has 0 fully saturated rings. The van der Waals surface area contributed by atoms with E-state index in [0.717, 1.165) is 0 Å². The van der Waals surface area contributed by atoms with Crippen LogP contribution in [0.3, 0.4) is 0 Å². The molecule has 0 bridgehead atoms. The second kappa shape index (κ2) is 11.0. The molecule has 178 valence electrons. The Morgan fingerprint density at radius 2 is 1.74 bits per heavy atom. The summed E-state index contributed by atoms with van der Waals surface area (Å²) in [6.07, 6.45) is 3.19. The van der Waals surface area contributed by atoms with Gasteiger partial charge in [-0.05, 0) is 64.8 Å². The number of fused-ring (bicyclic) bond motifs is 2. The first-order valence-corrected chi connectivity index (χ1v) is 11.8. The molecule has 0 saturated heterocycles. The van der Waals surface area contributed by atoms with E-state index in [0.29, 0.717) is 56.6 Å². The van der Waals surface area contributed by atoms with Crippen LogP contribution in [-0.2, 0) is 11.3 Å². The molecule has 0 saturated carbocycles. The molecule has 0 aliphatic rings. The number of carbonyl (C=O) groups is 1. The summed E-state index contributed by atoms with van der Waals surface area (Å²) in [7, 11) is 0. The van der Waals surface area contributed by atoms with Gasteiger partial charge in [-0.1, -0.05) is 36.9 Å². The van der Waals surface area contributed by atoms with E-state index in [-0.39, 0.29) is 17.9 Å². The third-order valence-corrected chi connectivity index (χ3v) is 5.85. The van der Waals surface area contributed by atoms with E-state index in [1.165, 1.54) is 6.21 Å². The van der Waals surface area contributed by atoms with Gasteiger partial charge in [0.1, 0.15) is 13.2 Å². The van der Waals surface area contributed by atoms with Gasteiger partial charge in [0.05, 0.1) is 28.3 Å². The Kier molecular flexibility index (Phi) is 7.62. The smallest absolute Gasteiger partial charge is 0.260 e. The number of halogens is 1. The fourth-order valence-electron chi connectivity index (χ4n) is 3.81. The average Bonchev–Trinajstić information content (AvgIpc) is 2.86. The Morgan fingerprint density at radius 3 is 2.37 bits per heavy atom. The minimum atomic E-state index is -0.324. The van der Waals surface area contributed by atoms with Gasteiger partial charge in [-0.25, -0.2) is 5.43 Å². The molecule has 4 rings (SSSR count). The summed E-state index contributed by atoms with van der Waals surface area (Å²) in [5.74, 6) is 0.808. The Labute approximate surface area is 210 Å². The molecule has 0 aliphatic heterocycles. The van der Waals surface area contributed by atoms with E-state index < -0.39 is 0 Å². The molecule has 0 atom stereocenters. The van der Waals surface area contributed by atoms with Crippen LogP contribution in [0.2, 0.25) is 0 Å². The van der Waals surface area contributed by atoms with Crippen LogP contribution in [0.5, 0.6) is 11.5 Å². The van der Waals surface area contributed by atoms with E-state index in [4.69, 9.17) is 9.47 Å². The number of amides is 1. The van der Waals surface area contributed by atoms with Crippen LogP contribution in [0, 0.1) is 0 Å². The number of benzene rings is 3. The zero-order valence-electron chi connectivity index (χ0n) is 19.2. The molecule has 0 radical (unpaired) electrons. The number of para-hydroxylation sites is 2. The molecular weight excluding hydrogens is 510 g/mol. The highest BCUT2D eigenvalue weighted by Gasteiger charge is 2.13. The quantitative estimate of drug-likeness (QED) is 0.141. The fraction of sp³-hybridized carbons (Fsp3) is 0.148. The monoisotopic (exact) mass is 533 g/mol. The standard InChI is InChI=1S/C27H24BrN3O4/c1-3-13-35-27-21(28)14-18(15-24(27)34-4-2)16-29-30-25(32)17-31-22-11-7-5-9-19(22)26(33)20-10-6-8-12-23(20)31/h3,5-12,14-16H,1,4,13,17H2,2H3,(H,30,32)/b29-16-. The summed E-state index contributed by atoms with van der Waals surface area (Å²) in [4.78, 5) is 25.7. The maximum atomic E-state index is 12.9. The topological polar surface area (TPSA) is 81.9 Å². The van der Waals surface area contributed by atoms with Gasteiger partial charge in [0.25, 0.3) is 5.91 Å². The SMILES string of the molecule is C=CCOc1c(Br)cc(/C=N\NC(=O)Cn2c3ccccc3c(=O)c3ccccc32)cc1OCC. The number of carbonyl (C=O) groups excluding carboxylic acids is 1. The van der Waals surface area contributed by atoms with Crippen LogP contribution in [0.25, 0.3) is 21.8 Å². The zero-order valence-corrected chi connectivity index (χ0v) is 20.7.